The van der Waals surface area contributed by atoms with E-state index in [0.29, 0.717) is 23.7 Å². The number of fused-ring (bicyclic) bond motifs is 2. The van der Waals surface area contributed by atoms with Crippen LogP contribution in [0.1, 0.15) is 0 Å². The van der Waals surface area contributed by atoms with Gasteiger partial charge in [0.15, 0.2) is 0 Å². The minimum absolute atomic E-state index is 0.0109. The Labute approximate surface area is 284 Å². The number of amides is 2. The number of pyridine rings is 1. The summed E-state index contributed by atoms with van der Waals surface area (Å²) in [6.45, 7) is 0.429. The van der Waals surface area contributed by atoms with Crippen LogP contribution < -0.4 is 16.4 Å². The van der Waals surface area contributed by atoms with Crippen molar-refractivity contribution in [2.45, 2.75) is 11.4 Å². The van der Waals surface area contributed by atoms with Crippen molar-refractivity contribution < 1.29 is 27.3 Å². The molecule has 3 aromatic heterocycles. The molecule has 0 atom stereocenters. The van der Waals surface area contributed by atoms with Crippen LogP contribution in [0.3, 0.4) is 0 Å². The number of nitrogens with two attached hydrogens (primary N) is 1. The fraction of sp³-hybridized carbons (Fsp3) is 0.0571. The molecular formula is C35H29FN6O5S2. The van der Waals surface area contributed by atoms with E-state index in [9.17, 15) is 17.6 Å². The van der Waals surface area contributed by atoms with Gasteiger partial charge in [0.25, 0.3) is 10.1 Å². The number of anilines is 3. The quantitative estimate of drug-likeness (QED) is 0.108. The highest BCUT2D eigenvalue weighted by atomic mass is 32.2. The van der Waals surface area contributed by atoms with E-state index in [4.69, 9.17) is 15.4 Å². The van der Waals surface area contributed by atoms with Crippen molar-refractivity contribution in [2.75, 3.05) is 23.0 Å². The zero-order chi connectivity index (χ0) is 34.5. The molecule has 4 aromatic carbocycles. The highest BCUT2D eigenvalue weighted by Gasteiger charge is 2.16. The van der Waals surface area contributed by atoms with E-state index in [-0.39, 0.29) is 11.5 Å². The lowest BCUT2D eigenvalue weighted by Gasteiger charge is -2.09. The molecule has 0 radical (unpaired) electrons. The van der Waals surface area contributed by atoms with Gasteiger partial charge in [0, 0.05) is 50.5 Å². The summed E-state index contributed by atoms with van der Waals surface area (Å²) in [7, 11) is -4.09. The van der Waals surface area contributed by atoms with Crippen LogP contribution in [0, 0.1) is 5.82 Å². The summed E-state index contributed by atoms with van der Waals surface area (Å²) in [5.74, 6) is 0.00507. The van der Waals surface area contributed by atoms with Gasteiger partial charge in [0.05, 0.1) is 24.2 Å². The Balaban J connectivity index is 0.000000248. The minimum atomic E-state index is -4.09. The predicted molar refractivity (Wildman–Crippen MR) is 191 cm³/mol. The van der Waals surface area contributed by atoms with Crippen LogP contribution >= 0.6 is 11.3 Å². The number of nitrogen functional groups attached to an aromatic ring is 1. The Morgan fingerprint density at radius 2 is 1.63 bits per heavy atom. The van der Waals surface area contributed by atoms with Gasteiger partial charge in [-0.2, -0.15) is 13.5 Å². The van der Waals surface area contributed by atoms with Crippen molar-refractivity contribution in [1.29, 1.82) is 0 Å². The first-order chi connectivity index (χ1) is 23.6. The molecule has 7 rings (SSSR count). The number of hydrogen-bond donors (Lipinski definition) is 5. The normalized spacial score (nSPS) is 11.2. The average molecular weight is 697 g/mol. The zero-order valence-electron chi connectivity index (χ0n) is 25.6. The van der Waals surface area contributed by atoms with Crippen molar-refractivity contribution in [1.82, 2.24) is 14.8 Å². The molecule has 6 N–H and O–H groups in total. The number of halogens is 1. The van der Waals surface area contributed by atoms with Crippen molar-refractivity contribution >= 4 is 65.5 Å². The maximum absolute atomic E-state index is 13.3. The molecule has 2 amide bonds. The van der Waals surface area contributed by atoms with E-state index >= 15 is 0 Å². The van der Waals surface area contributed by atoms with Gasteiger partial charge in [-0.1, -0.05) is 48.5 Å². The summed E-state index contributed by atoms with van der Waals surface area (Å²) < 4.78 is 46.5. The second-order valence-corrected chi connectivity index (χ2v) is 13.1. The van der Waals surface area contributed by atoms with E-state index < -0.39 is 22.0 Å². The minimum Gasteiger partial charge on any atom is -0.394 e. The number of thiophene rings is 1. The lowest BCUT2D eigenvalue weighted by Crippen LogP contribution is -2.19. The number of aliphatic hydroxyl groups is 1. The van der Waals surface area contributed by atoms with Crippen molar-refractivity contribution in [2.24, 2.45) is 0 Å². The molecule has 3 heterocycles. The first-order valence-electron chi connectivity index (χ1n) is 14.8. The van der Waals surface area contributed by atoms with Crippen LogP contribution in [0.4, 0.5) is 26.4 Å². The van der Waals surface area contributed by atoms with E-state index in [1.165, 1.54) is 30.3 Å². The maximum atomic E-state index is 13.3. The largest absolute Gasteiger partial charge is 0.394 e. The number of benzene rings is 4. The third kappa shape index (κ3) is 7.74. The molecule has 49 heavy (non-hydrogen) atoms. The van der Waals surface area contributed by atoms with E-state index in [2.05, 4.69) is 20.7 Å². The van der Waals surface area contributed by atoms with Crippen molar-refractivity contribution in [3.05, 3.63) is 121 Å². The van der Waals surface area contributed by atoms with Gasteiger partial charge in [-0.3, -0.25) is 9.23 Å². The lowest BCUT2D eigenvalue weighted by molar-refractivity contribution is 0.262. The first kappa shape index (κ1) is 33.2. The maximum Gasteiger partial charge on any atom is 0.323 e. The molecule has 0 aliphatic heterocycles. The number of nitrogens with zero attached hydrogens (tertiary/aromatic N) is 3. The van der Waals surface area contributed by atoms with Crippen molar-refractivity contribution in [3.8, 4) is 22.3 Å². The Kier molecular flexibility index (Phi) is 9.64. The van der Waals surface area contributed by atoms with Crippen LogP contribution in [0.15, 0.2) is 120 Å². The topological polar surface area (TPSA) is 172 Å². The molecule has 0 spiro atoms. The van der Waals surface area contributed by atoms with Crippen LogP contribution in [-0.2, 0) is 16.7 Å². The fourth-order valence-electron chi connectivity index (χ4n) is 5.13. The number of aliphatic hydroxyl groups excluding tert-OH is 1. The van der Waals surface area contributed by atoms with Gasteiger partial charge >= 0.3 is 6.03 Å². The Hall–Kier alpha value is -5.67. The Bertz CT molecular complexity index is 2390. The second kappa shape index (κ2) is 14.2. The number of carbonyl (C=O) groups is 1. The molecule has 14 heteroatoms. The highest BCUT2D eigenvalue weighted by Crippen LogP contribution is 2.41. The smallest absolute Gasteiger partial charge is 0.323 e. The molecule has 7 aromatic rings. The van der Waals surface area contributed by atoms with E-state index in [1.54, 1.807) is 58.7 Å². The average Bonchev–Trinajstić information content (AvgIpc) is 3.74. The summed E-state index contributed by atoms with van der Waals surface area (Å²) in [6, 6.07) is 24.4. The van der Waals surface area contributed by atoms with Crippen LogP contribution in [0.2, 0.25) is 0 Å². The zero-order valence-corrected chi connectivity index (χ0v) is 27.2. The number of carbonyl (C=O) groups excluding carboxylic acids is 1. The highest BCUT2D eigenvalue weighted by molar-refractivity contribution is 7.85. The molecule has 0 aliphatic carbocycles. The van der Waals surface area contributed by atoms with Crippen LogP contribution in [0.25, 0.3) is 43.1 Å². The standard InChI is InChI=1S/C25H21FN6O2S.C10H8O3S/c26-17-2-1-3-19(10-17)31-25(34)30-18-6-4-15(5-7-18)21-14-35-23-20(12-28-24(27)22(21)23)16-11-29-32(13-16)8-9-33;11-14(12,13)10-6-5-8-3-1-2-4-9(8)7-10/h1-7,10-14,33H,8-9H2,(H2,27,28)(H2,30,31,34);1-7H,(H,11,12,13). The number of urea groups is 1. The van der Waals surface area contributed by atoms with Gasteiger partial charge in [0.2, 0.25) is 0 Å². The summed E-state index contributed by atoms with van der Waals surface area (Å²) in [4.78, 5) is 16.6. The van der Waals surface area contributed by atoms with E-state index in [1.807, 2.05) is 41.9 Å². The molecule has 0 fully saturated rings. The second-order valence-electron chi connectivity index (χ2n) is 10.8. The third-order valence-corrected chi connectivity index (χ3v) is 9.32. The fourth-order valence-corrected chi connectivity index (χ4v) is 6.77. The van der Waals surface area contributed by atoms with Crippen LogP contribution in [0.5, 0.6) is 0 Å². The molecule has 0 saturated heterocycles. The summed E-state index contributed by atoms with van der Waals surface area (Å²) >= 11 is 1.57. The van der Waals surface area contributed by atoms with Crippen LogP contribution in [-0.4, -0.2) is 45.5 Å². The molecule has 11 nitrogen and oxygen atoms in total. The summed E-state index contributed by atoms with van der Waals surface area (Å²) in [6.07, 6.45) is 5.36. The Morgan fingerprint density at radius 1 is 0.878 bits per heavy atom. The molecule has 0 aliphatic rings. The number of hydrogen-bond acceptors (Lipinski definition) is 8. The molecular weight excluding hydrogens is 668 g/mol. The lowest BCUT2D eigenvalue weighted by atomic mass is 10.0. The van der Waals surface area contributed by atoms with Crippen molar-refractivity contribution in [3.63, 3.8) is 0 Å². The van der Waals surface area contributed by atoms with Gasteiger partial charge < -0.3 is 21.5 Å². The van der Waals surface area contributed by atoms with Gasteiger partial charge in [-0.25, -0.2) is 14.2 Å². The third-order valence-electron chi connectivity index (χ3n) is 7.45. The molecule has 0 saturated carbocycles. The molecule has 0 unspecified atom stereocenters. The van der Waals surface area contributed by atoms with Gasteiger partial charge in [-0.05, 0) is 64.2 Å². The molecule has 248 valence electrons. The number of aromatic nitrogens is 3. The number of nitrogens with one attached hydrogen (secondary N) is 2. The predicted octanol–water partition coefficient (Wildman–Crippen LogP) is 7.27. The van der Waals surface area contributed by atoms with Gasteiger partial charge in [-0.15, -0.1) is 11.3 Å². The SMILES string of the molecule is Nc1ncc(-c2cnn(CCO)c2)c2scc(-c3ccc(NC(=O)Nc4cccc(F)c4)cc3)c12.O=S(=O)(O)c1ccc2ccccc2c1. The summed E-state index contributed by atoms with van der Waals surface area (Å²) in [5.41, 5.74) is 10.9. The summed E-state index contributed by atoms with van der Waals surface area (Å²) in [5, 5.41) is 23.4. The van der Waals surface area contributed by atoms with Gasteiger partial charge in [0.1, 0.15) is 11.6 Å². The monoisotopic (exact) mass is 696 g/mol. The number of rotatable bonds is 7. The van der Waals surface area contributed by atoms with E-state index in [0.717, 1.165) is 43.1 Å². The molecule has 0 bridgehead atoms. The Morgan fingerprint density at radius 3 is 2.37 bits per heavy atom. The first-order valence-corrected chi connectivity index (χ1v) is 17.1.